The number of hydrogen-bond acceptors (Lipinski definition) is 2. The molecule has 4 aromatic heterocycles. The van der Waals surface area contributed by atoms with Gasteiger partial charge in [0.05, 0.1) is 22.9 Å². The monoisotopic (exact) mass is 529 g/mol. The highest BCUT2D eigenvalue weighted by molar-refractivity contribution is 6.09. The zero-order valence-corrected chi connectivity index (χ0v) is 22.5. The van der Waals surface area contributed by atoms with Crippen molar-refractivity contribution in [1.82, 2.24) is 14.1 Å². The molecule has 0 fully saturated rings. The van der Waals surface area contributed by atoms with Gasteiger partial charge in [0.15, 0.2) is 0 Å². The molecule has 0 saturated heterocycles. The van der Waals surface area contributed by atoms with Crippen molar-refractivity contribution < 1.29 is 4.42 Å². The zero-order valence-electron chi connectivity index (χ0n) is 22.5. The van der Waals surface area contributed by atoms with Crippen LogP contribution in [0.5, 0.6) is 0 Å². The van der Waals surface area contributed by atoms with Crippen molar-refractivity contribution in [2.75, 3.05) is 0 Å². The van der Waals surface area contributed by atoms with E-state index in [0.29, 0.717) is 12.1 Å². The smallest absolute Gasteiger partial charge is 0.227 e. The van der Waals surface area contributed by atoms with E-state index in [1.807, 2.05) is 12.3 Å². The van der Waals surface area contributed by atoms with Gasteiger partial charge in [-0.3, -0.25) is 0 Å². The lowest BCUT2D eigenvalue weighted by Crippen LogP contribution is -1.95. The maximum Gasteiger partial charge on any atom is 0.227 e. The van der Waals surface area contributed by atoms with Gasteiger partial charge in [-0.2, -0.15) is 0 Å². The Bertz CT molecular complexity index is 2190. The van der Waals surface area contributed by atoms with E-state index in [9.17, 15) is 0 Å². The lowest BCUT2D eigenvalue weighted by molar-refractivity contribution is 0.588. The summed E-state index contributed by atoms with van der Waals surface area (Å²) < 4.78 is 11.0. The van der Waals surface area contributed by atoms with Gasteiger partial charge in [0.2, 0.25) is 5.71 Å². The van der Waals surface area contributed by atoms with Crippen LogP contribution in [0.3, 0.4) is 0 Å². The number of hydrogen-bond donors (Lipinski definition) is 0. The molecule has 4 heteroatoms. The third-order valence-corrected chi connectivity index (χ3v) is 8.09. The van der Waals surface area contributed by atoms with Crippen molar-refractivity contribution in [3.8, 4) is 5.69 Å². The van der Waals surface area contributed by atoms with Gasteiger partial charge in [-0.05, 0) is 42.8 Å². The Labute approximate surface area is 237 Å². The van der Waals surface area contributed by atoms with E-state index in [-0.39, 0.29) is 0 Å². The molecular weight excluding hydrogens is 502 g/mol. The van der Waals surface area contributed by atoms with Crippen LogP contribution < -0.4 is 0 Å². The van der Waals surface area contributed by atoms with Crippen LogP contribution in [0, 0.1) is 0 Å². The van der Waals surface area contributed by atoms with Gasteiger partial charge in [-0.15, -0.1) is 6.58 Å². The third kappa shape index (κ3) is 3.65. The molecular formula is C37H27N3O. The minimum Gasteiger partial charge on any atom is -0.438 e. The normalized spacial score (nSPS) is 12.1. The second-order valence-corrected chi connectivity index (χ2v) is 10.4. The van der Waals surface area contributed by atoms with Crippen LogP contribution >= 0.6 is 0 Å². The molecule has 4 heterocycles. The van der Waals surface area contributed by atoms with Crippen LogP contribution in [0.1, 0.15) is 11.3 Å². The van der Waals surface area contributed by atoms with E-state index >= 15 is 0 Å². The van der Waals surface area contributed by atoms with Crippen molar-refractivity contribution in [2.24, 2.45) is 0 Å². The van der Waals surface area contributed by atoms with E-state index < -0.39 is 0 Å². The summed E-state index contributed by atoms with van der Waals surface area (Å²) in [5, 5.41) is 6.02. The van der Waals surface area contributed by atoms with Gasteiger partial charge in [-0.1, -0.05) is 84.9 Å². The summed E-state index contributed by atoms with van der Waals surface area (Å²) in [7, 11) is 0. The number of pyridine rings is 1. The Hall–Kier alpha value is -5.35. The van der Waals surface area contributed by atoms with Crippen LogP contribution in [0.25, 0.3) is 66.5 Å². The predicted octanol–water partition coefficient (Wildman–Crippen LogP) is 9.47. The van der Waals surface area contributed by atoms with E-state index in [0.717, 1.165) is 40.0 Å². The largest absolute Gasteiger partial charge is 0.438 e. The molecule has 4 nitrogen and oxygen atoms in total. The van der Waals surface area contributed by atoms with Crippen LogP contribution in [-0.4, -0.2) is 14.1 Å². The summed E-state index contributed by atoms with van der Waals surface area (Å²) >= 11 is 0. The molecule has 0 aliphatic heterocycles. The van der Waals surface area contributed by atoms with E-state index in [1.54, 1.807) is 0 Å². The standard InChI is InChI=1S/C37H27N3O/c1-2-12-30-31-23-25(40-34-19-9-5-15-28(34)29-16-6-10-20-35(29)40)24-38-37(31)41-36(30)21-11-22-39-32-17-7-3-13-26(32)27-14-4-8-18-33(27)39/h2-11,13-21,23-24H,1,12,22H2/b21-11-. The molecule has 196 valence electrons. The van der Waals surface area contributed by atoms with Crippen LogP contribution in [0.2, 0.25) is 0 Å². The minimum atomic E-state index is 0.642. The molecule has 0 atom stereocenters. The van der Waals surface area contributed by atoms with Crippen molar-refractivity contribution in [3.63, 3.8) is 0 Å². The summed E-state index contributed by atoms with van der Waals surface area (Å²) in [6, 6.07) is 36.4. The summed E-state index contributed by atoms with van der Waals surface area (Å²) in [5.74, 6) is 0.826. The molecule has 0 aliphatic carbocycles. The van der Waals surface area contributed by atoms with E-state index in [4.69, 9.17) is 9.40 Å². The maximum atomic E-state index is 6.33. The quantitative estimate of drug-likeness (QED) is 0.201. The molecule has 4 aromatic carbocycles. The minimum absolute atomic E-state index is 0.642. The fourth-order valence-electron chi connectivity index (χ4n) is 6.31. The van der Waals surface area contributed by atoms with Crippen molar-refractivity contribution in [3.05, 3.63) is 139 Å². The van der Waals surface area contributed by atoms with Gasteiger partial charge in [0.25, 0.3) is 0 Å². The number of furan rings is 1. The van der Waals surface area contributed by atoms with Crippen molar-refractivity contribution >= 4 is 60.8 Å². The zero-order chi connectivity index (χ0) is 27.3. The second kappa shape index (κ2) is 9.39. The molecule has 8 aromatic rings. The van der Waals surface area contributed by atoms with Gasteiger partial charge >= 0.3 is 0 Å². The molecule has 0 radical (unpaired) electrons. The first-order chi connectivity index (χ1) is 20.3. The lowest BCUT2D eigenvalue weighted by atomic mass is 10.1. The van der Waals surface area contributed by atoms with Crippen LogP contribution in [0.4, 0.5) is 0 Å². The molecule has 0 spiro atoms. The number of para-hydroxylation sites is 4. The van der Waals surface area contributed by atoms with Gasteiger partial charge in [0, 0.05) is 50.1 Å². The van der Waals surface area contributed by atoms with Crippen molar-refractivity contribution in [1.29, 1.82) is 0 Å². The first-order valence-electron chi connectivity index (χ1n) is 14.0. The first-order valence-corrected chi connectivity index (χ1v) is 14.0. The molecule has 0 N–H and O–H groups in total. The molecule has 0 unspecified atom stereocenters. The molecule has 41 heavy (non-hydrogen) atoms. The fraction of sp³-hybridized carbons (Fsp3) is 0.0541. The predicted molar refractivity (Wildman–Crippen MR) is 171 cm³/mol. The molecule has 0 amide bonds. The summed E-state index contributed by atoms with van der Waals surface area (Å²) in [5.41, 5.74) is 7.54. The molecule has 0 saturated carbocycles. The molecule has 0 bridgehead atoms. The number of aromatic nitrogens is 3. The average Bonchev–Trinajstić information content (AvgIpc) is 3.65. The van der Waals surface area contributed by atoms with Crippen LogP contribution in [0.15, 0.2) is 132 Å². The summed E-state index contributed by atoms with van der Waals surface area (Å²) in [6.07, 6.45) is 8.80. The highest BCUT2D eigenvalue weighted by Crippen LogP contribution is 2.34. The van der Waals surface area contributed by atoms with Gasteiger partial charge < -0.3 is 13.6 Å². The topological polar surface area (TPSA) is 35.9 Å². The fourth-order valence-corrected chi connectivity index (χ4v) is 6.31. The van der Waals surface area contributed by atoms with Crippen molar-refractivity contribution in [2.45, 2.75) is 13.0 Å². The van der Waals surface area contributed by atoms with Gasteiger partial charge in [0.1, 0.15) is 5.76 Å². The number of fused-ring (bicyclic) bond motifs is 7. The maximum absolute atomic E-state index is 6.33. The highest BCUT2D eigenvalue weighted by Gasteiger charge is 2.17. The average molecular weight is 530 g/mol. The first kappa shape index (κ1) is 23.5. The number of rotatable bonds is 6. The van der Waals surface area contributed by atoms with Gasteiger partial charge in [-0.25, -0.2) is 4.98 Å². The Balaban J connectivity index is 1.23. The Kier molecular flexibility index (Phi) is 5.39. The van der Waals surface area contributed by atoms with E-state index in [1.165, 1.54) is 32.6 Å². The Morgan fingerprint density at radius 1 is 0.683 bits per heavy atom. The SMILES string of the molecule is C=CCc1c(/C=C\Cn2c3ccccc3c3ccccc32)oc2ncc(-n3c4ccccc4c4ccccc43)cc12. The van der Waals surface area contributed by atoms with E-state index in [2.05, 4.69) is 131 Å². The number of benzene rings is 4. The lowest BCUT2D eigenvalue weighted by Gasteiger charge is -2.07. The molecule has 0 aliphatic rings. The summed E-state index contributed by atoms with van der Waals surface area (Å²) in [6.45, 7) is 4.77. The summed E-state index contributed by atoms with van der Waals surface area (Å²) in [4.78, 5) is 4.79. The number of allylic oxidation sites excluding steroid dienone is 2. The third-order valence-electron chi connectivity index (χ3n) is 8.09. The van der Waals surface area contributed by atoms with Crippen LogP contribution in [-0.2, 0) is 13.0 Å². The highest BCUT2D eigenvalue weighted by atomic mass is 16.3. The molecule has 8 rings (SSSR count). The second-order valence-electron chi connectivity index (χ2n) is 10.4. The Morgan fingerprint density at radius 3 is 1.80 bits per heavy atom. The Morgan fingerprint density at radius 2 is 1.22 bits per heavy atom. The number of nitrogens with zero attached hydrogens (tertiary/aromatic N) is 3.